The van der Waals surface area contributed by atoms with Crippen LogP contribution in [-0.2, 0) is 16.0 Å². The van der Waals surface area contributed by atoms with E-state index in [1.165, 1.54) is 6.20 Å². The average molecular weight is 256 g/mol. The van der Waals surface area contributed by atoms with Gasteiger partial charge in [0.15, 0.2) is 6.29 Å². The largest absolute Gasteiger partial charge is 0.344 e. The molecular formula is C11H13FN2O4. The zero-order valence-corrected chi connectivity index (χ0v) is 9.76. The van der Waals surface area contributed by atoms with Crippen LogP contribution in [0, 0.1) is 0 Å². The van der Waals surface area contributed by atoms with E-state index in [0.29, 0.717) is 18.3 Å². The van der Waals surface area contributed by atoms with E-state index in [1.807, 2.05) is 0 Å². The van der Waals surface area contributed by atoms with Crippen LogP contribution in [-0.4, -0.2) is 28.1 Å². The Kier molecular flexibility index (Phi) is 3.42. The Bertz CT molecular complexity index is 565. The van der Waals surface area contributed by atoms with Gasteiger partial charge in [0.25, 0.3) is 5.56 Å². The number of carbonyl (C=O) groups excluding carboxylic acids is 1. The number of aldehydes is 1. The number of hydrogen-bond acceptors (Lipinski definition) is 4. The van der Waals surface area contributed by atoms with E-state index in [1.54, 1.807) is 6.92 Å². The number of H-pyrrole nitrogens is 1. The number of nitrogens with zero attached hydrogens (tertiary/aromatic N) is 1. The third kappa shape index (κ3) is 2.13. The summed E-state index contributed by atoms with van der Waals surface area (Å²) >= 11 is 0. The van der Waals surface area contributed by atoms with E-state index in [0.717, 1.165) is 4.57 Å². The molecule has 1 aromatic heterocycles. The molecule has 98 valence electrons. The lowest BCUT2D eigenvalue weighted by molar-refractivity contribution is -0.121. The predicted molar refractivity (Wildman–Crippen MR) is 60.2 cm³/mol. The fourth-order valence-corrected chi connectivity index (χ4v) is 1.94. The quantitative estimate of drug-likeness (QED) is 0.767. The Hall–Kier alpha value is -1.76. The van der Waals surface area contributed by atoms with Crippen LogP contribution in [0.5, 0.6) is 0 Å². The van der Waals surface area contributed by atoms with Crippen molar-refractivity contribution in [1.82, 2.24) is 9.55 Å². The molecule has 0 bridgehead atoms. The van der Waals surface area contributed by atoms with E-state index in [2.05, 4.69) is 4.98 Å². The Balaban J connectivity index is 2.38. The van der Waals surface area contributed by atoms with Crippen LogP contribution in [0.3, 0.4) is 0 Å². The zero-order valence-electron chi connectivity index (χ0n) is 9.76. The number of aromatic nitrogens is 2. The van der Waals surface area contributed by atoms with Gasteiger partial charge in [0.05, 0.1) is 0 Å². The van der Waals surface area contributed by atoms with Crippen LogP contribution in [0.1, 0.15) is 25.1 Å². The number of aromatic amines is 1. The van der Waals surface area contributed by atoms with Gasteiger partial charge < -0.3 is 9.53 Å². The van der Waals surface area contributed by atoms with Gasteiger partial charge in [0.2, 0.25) is 0 Å². The average Bonchev–Trinajstić information content (AvgIpc) is 2.70. The van der Waals surface area contributed by atoms with Crippen molar-refractivity contribution in [1.29, 1.82) is 0 Å². The first-order chi connectivity index (χ1) is 8.56. The minimum absolute atomic E-state index is 0.0848. The highest BCUT2D eigenvalue weighted by Gasteiger charge is 2.36. The molecular weight excluding hydrogens is 243 g/mol. The molecule has 1 aliphatic heterocycles. The first kappa shape index (κ1) is 12.7. The summed E-state index contributed by atoms with van der Waals surface area (Å²) < 4.78 is 19.6. The molecule has 0 radical (unpaired) electrons. The van der Waals surface area contributed by atoms with Crippen molar-refractivity contribution in [2.45, 2.75) is 38.3 Å². The number of aryl methyl sites for hydroxylation is 1. The number of alkyl halides is 1. The minimum atomic E-state index is -1.43. The molecule has 0 spiro atoms. The maximum atomic E-state index is 13.4. The molecule has 0 amide bonds. The molecule has 1 aliphatic rings. The van der Waals surface area contributed by atoms with Gasteiger partial charge in [-0.15, -0.1) is 0 Å². The van der Waals surface area contributed by atoms with Gasteiger partial charge >= 0.3 is 5.69 Å². The van der Waals surface area contributed by atoms with Crippen LogP contribution >= 0.6 is 0 Å². The fraction of sp³-hybridized carbons (Fsp3) is 0.545. The molecule has 0 unspecified atom stereocenters. The van der Waals surface area contributed by atoms with Gasteiger partial charge in [-0.3, -0.25) is 14.3 Å². The maximum absolute atomic E-state index is 13.4. The minimum Gasteiger partial charge on any atom is -0.344 e. The standard InChI is InChI=1S/C11H13FN2O4/c1-2-6-4-14(11(17)13-10(6)16)9-3-7(12)8(5-15)18-9/h4-5,7-9H,2-3H2,1H3,(H,13,16,17)/t7-,8+,9+/m0/s1. The lowest BCUT2D eigenvalue weighted by Crippen LogP contribution is -2.34. The number of nitrogens with one attached hydrogen (secondary N) is 1. The van der Waals surface area contributed by atoms with E-state index in [4.69, 9.17) is 4.74 Å². The van der Waals surface area contributed by atoms with Crippen molar-refractivity contribution in [3.8, 4) is 0 Å². The topological polar surface area (TPSA) is 81.2 Å². The molecule has 1 aromatic rings. The van der Waals surface area contributed by atoms with Crippen molar-refractivity contribution < 1.29 is 13.9 Å². The summed E-state index contributed by atoms with van der Waals surface area (Å²) in [7, 11) is 0. The molecule has 3 atom stereocenters. The predicted octanol–water partition coefficient (Wildman–Crippen LogP) is -0.0765. The van der Waals surface area contributed by atoms with E-state index in [9.17, 15) is 18.8 Å². The highest BCUT2D eigenvalue weighted by molar-refractivity contribution is 5.57. The lowest BCUT2D eigenvalue weighted by Gasteiger charge is -2.13. The van der Waals surface area contributed by atoms with E-state index in [-0.39, 0.29) is 6.42 Å². The van der Waals surface area contributed by atoms with Crippen LogP contribution < -0.4 is 11.2 Å². The highest BCUT2D eigenvalue weighted by Crippen LogP contribution is 2.28. The van der Waals surface area contributed by atoms with Gasteiger partial charge in [0, 0.05) is 18.2 Å². The molecule has 6 nitrogen and oxygen atoms in total. The van der Waals surface area contributed by atoms with Crippen LogP contribution in [0.4, 0.5) is 4.39 Å². The third-order valence-corrected chi connectivity index (χ3v) is 2.96. The third-order valence-electron chi connectivity index (χ3n) is 2.96. The zero-order chi connectivity index (χ0) is 13.3. The van der Waals surface area contributed by atoms with Gasteiger partial charge in [-0.2, -0.15) is 0 Å². The van der Waals surface area contributed by atoms with Gasteiger partial charge in [-0.05, 0) is 6.42 Å². The fourth-order valence-electron chi connectivity index (χ4n) is 1.94. The lowest BCUT2D eigenvalue weighted by atomic mass is 10.2. The number of ether oxygens (including phenoxy) is 1. The Labute approximate surface area is 101 Å². The maximum Gasteiger partial charge on any atom is 0.330 e. The molecule has 1 saturated heterocycles. The SMILES string of the molecule is CCc1cn([C@H]2C[C@H](F)[C@@H](C=O)O2)c(=O)[nH]c1=O. The second kappa shape index (κ2) is 4.85. The second-order valence-electron chi connectivity index (χ2n) is 4.12. The monoisotopic (exact) mass is 256 g/mol. The number of carbonyl (C=O) groups is 1. The van der Waals surface area contributed by atoms with Crippen molar-refractivity contribution in [3.63, 3.8) is 0 Å². The molecule has 2 heterocycles. The molecule has 0 saturated carbocycles. The smallest absolute Gasteiger partial charge is 0.330 e. The summed E-state index contributed by atoms with van der Waals surface area (Å²) in [4.78, 5) is 35.7. The van der Waals surface area contributed by atoms with Crippen LogP contribution in [0.2, 0.25) is 0 Å². The second-order valence-corrected chi connectivity index (χ2v) is 4.12. The number of rotatable bonds is 3. The van der Waals surface area contributed by atoms with Crippen LogP contribution in [0.15, 0.2) is 15.8 Å². The van der Waals surface area contributed by atoms with E-state index >= 15 is 0 Å². The summed E-state index contributed by atoms with van der Waals surface area (Å²) in [5, 5.41) is 0. The molecule has 1 fully saturated rings. The normalized spacial score (nSPS) is 27.3. The van der Waals surface area contributed by atoms with Crippen molar-refractivity contribution >= 4 is 6.29 Å². The number of hydrogen-bond donors (Lipinski definition) is 1. The summed E-state index contributed by atoms with van der Waals surface area (Å²) in [6.07, 6.45) is -1.36. The van der Waals surface area contributed by atoms with E-state index < -0.39 is 29.8 Å². The highest BCUT2D eigenvalue weighted by atomic mass is 19.1. The van der Waals surface area contributed by atoms with Crippen molar-refractivity contribution in [2.24, 2.45) is 0 Å². The molecule has 1 N–H and O–H groups in total. The van der Waals surface area contributed by atoms with Gasteiger partial charge in [0.1, 0.15) is 18.5 Å². The molecule has 0 aliphatic carbocycles. The first-order valence-corrected chi connectivity index (χ1v) is 5.66. The molecule has 7 heteroatoms. The van der Waals surface area contributed by atoms with Gasteiger partial charge in [-0.1, -0.05) is 6.92 Å². The Morgan fingerprint density at radius 3 is 2.89 bits per heavy atom. The summed E-state index contributed by atoms with van der Waals surface area (Å²) in [6, 6.07) is 0. The van der Waals surface area contributed by atoms with Crippen molar-refractivity contribution in [3.05, 3.63) is 32.6 Å². The summed E-state index contributed by atoms with van der Waals surface area (Å²) in [5.74, 6) is 0. The number of halogens is 1. The summed E-state index contributed by atoms with van der Waals surface area (Å²) in [6.45, 7) is 1.76. The molecule has 2 rings (SSSR count). The first-order valence-electron chi connectivity index (χ1n) is 5.66. The molecule has 0 aromatic carbocycles. The Morgan fingerprint density at radius 2 is 2.33 bits per heavy atom. The molecule has 18 heavy (non-hydrogen) atoms. The Morgan fingerprint density at radius 1 is 1.61 bits per heavy atom. The van der Waals surface area contributed by atoms with Crippen molar-refractivity contribution in [2.75, 3.05) is 0 Å². The van der Waals surface area contributed by atoms with Crippen LogP contribution in [0.25, 0.3) is 0 Å². The van der Waals surface area contributed by atoms with Gasteiger partial charge in [-0.25, -0.2) is 9.18 Å². The summed E-state index contributed by atoms with van der Waals surface area (Å²) in [5.41, 5.74) is -0.718.